The standard InChI is InChI=1S/C23H22N4O3S2/c1-4-11-27-22(19-12-15-7-5-10-18(29-2)21(15)30-19)25-26-23(27)32-14-20(28)24-16-8-6-9-17(13-16)31-3/h4-10,12-13H,1,11,14H2,2-3H3,(H,24,28). The zero-order valence-electron chi connectivity index (χ0n) is 17.7. The number of benzene rings is 2. The Balaban J connectivity index is 1.53. The fraction of sp³-hybridized carbons (Fsp3) is 0.174. The predicted octanol–water partition coefficient (Wildman–Crippen LogP) is 5.34. The monoisotopic (exact) mass is 466 g/mol. The van der Waals surface area contributed by atoms with Crippen LogP contribution in [0, 0.1) is 0 Å². The maximum Gasteiger partial charge on any atom is 0.234 e. The Bertz CT molecular complexity index is 1270. The van der Waals surface area contributed by atoms with E-state index in [1.54, 1.807) is 24.9 Å². The lowest BCUT2D eigenvalue weighted by Gasteiger charge is -2.08. The molecule has 2 heterocycles. The van der Waals surface area contributed by atoms with Crippen molar-refractivity contribution in [2.75, 3.05) is 24.4 Å². The maximum absolute atomic E-state index is 12.5. The Hall–Kier alpha value is -3.17. The Kier molecular flexibility index (Phi) is 6.87. The number of allylic oxidation sites excluding steroid dienone is 1. The van der Waals surface area contributed by atoms with E-state index in [2.05, 4.69) is 22.1 Å². The second-order valence-corrected chi connectivity index (χ2v) is 8.59. The molecular formula is C23H22N4O3S2. The van der Waals surface area contributed by atoms with Gasteiger partial charge < -0.3 is 14.5 Å². The molecule has 0 saturated heterocycles. The Labute approximate surface area is 194 Å². The molecule has 0 atom stereocenters. The molecule has 4 aromatic rings. The van der Waals surface area contributed by atoms with E-state index in [1.807, 2.05) is 59.4 Å². The summed E-state index contributed by atoms with van der Waals surface area (Å²) in [4.78, 5) is 13.6. The van der Waals surface area contributed by atoms with E-state index in [0.29, 0.717) is 34.6 Å². The molecule has 0 radical (unpaired) electrons. The van der Waals surface area contributed by atoms with Crippen molar-refractivity contribution in [1.82, 2.24) is 14.8 Å². The van der Waals surface area contributed by atoms with E-state index in [9.17, 15) is 4.79 Å². The van der Waals surface area contributed by atoms with Crippen molar-refractivity contribution in [3.8, 4) is 17.3 Å². The number of thioether (sulfide) groups is 2. The summed E-state index contributed by atoms with van der Waals surface area (Å²) in [6, 6.07) is 15.3. The molecule has 9 heteroatoms. The minimum absolute atomic E-state index is 0.114. The van der Waals surface area contributed by atoms with E-state index in [4.69, 9.17) is 9.15 Å². The molecule has 0 spiro atoms. The van der Waals surface area contributed by atoms with Crippen LogP contribution >= 0.6 is 23.5 Å². The van der Waals surface area contributed by atoms with Gasteiger partial charge in [0.1, 0.15) is 0 Å². The zero-order chi connectivity index (χ0) is 22.5. The average Bonchev–Trinajstić information content (AvgIpc) is 3.41. The van der Waals surface area contributed by atoms with Gasteiger partial charge in [0.05, 0.1) is 12.9 Å². The van der Waals surface area contributed by atoms with Gasteiger partial charge >= 0.3 is 0 Å². The van der Waals surface area contributed by atoms with Crippen LogP contribution in [0.25, 0.3) is 22.6 Å². The van der Waals surface area contributed by atoms with Crippen molar-refractivity contribution in [3.05, 3.63) is 61.2 Å². The van der Waals surface area contributed by atoms with Gasteiger partial charge in [0, 0.05) is 22.5 Å². The van der Waals surface area contributed by atoms with E-state index in [-0.39, 0.29) is 11.7 Å². The van der Waals surface area contributed by atoms with Crippen LogP contribution in [0.4, 0.5) is 5.69 Å². The Morgan fingerprint density at radius 2 is 2.09 bits per heavy atom. The third-order valence-corrected chi connectivity index (χ3v) is 6.35. The van der Waals surface area contributed by atoms with Crippen LogP contribution in [0.5, 0.6) is 5.75 Å². The molecule has 0 aliphatic carbocycles. The van der Waals surface area contributed by atoms with Crippen LogP contribution in [0.3, 0.4) is 0 Å². The Morgan fingerprint density at radius 3 is 2.88 bits per heavy atom. The summed E-state index contributed by atoms with van der Waals surface area (Å²) in [6.07, 6.45) is 3.76. The summed E-state index contributed by atoms with van der Waals surface area (Å²) in [5.74, 6) is 1.88. The van der Waals surface area contributed by atoms with E-state index >= 15 is 0 Å². The van der Waals surface area contributed by atoms with Crippen molar-refractivity contribution in [3.63, 3.8) is 0 Å². The van der Waals surface area contributed by atoms with Crippen LogP contribution in [0.1, 0.15) is 0 Å². The number of methoxy groups -OCH3 is 1. The first-order chi connectivity index (χ1) is 15.6. The molecule has 0 fully saturated rings. The van der Waals surface area contributed by atoms with Gasteiger partial charge in [0.2, 0.25) is 11.7 Å². The molecule has 1 N–H and O–H groups in total. The number of nitrogens with zero attached hydrogens (tertiary/aromatic N) is 3. The van der Waals surface area contributed by atoms with E-state index < -0.39 is 0 Å². The lowest BCUT2D eigenvalue weighted by Crippen LogP contribution is -2.14. The van der Waals surface area contributed by atoms with Crippen molar-refractivity contribution < 1.29 is 13.9 Å². The molecule has 164 valence electrons. The highest BCUT2D eigenvalue weighted by Gasteiger charge is 2.19. The van der Waals surface area contributed by atoms with Gasteiger partial charge in [-0.05, 0) is 36.6 Å². The number of aromatic nitrogens is 3. The second kappa shape index (κ2) is 9.97. The minimum Gasteiger partial charge on any atom is -0.493 e. The molecule has 0 aliphatic heterocycles. The van der Waals surface area contributed by atoms with Crippen molar-refractivity contribution >= 4 is 46.1 Å². The van der Waals surface area contributed by atoms with Crippen molar-refractivity contribution in [2.24, 2.45) is 0 Å². The summed E-state index contributed by atoms with van der Waals surface area (Å²) < 4.78 is 13.3. The summed E-state index contributed by atoms with van der Waals surface area (Å²) in [6.45, 7) is 4.31. The van der Waals surface area contributed by atoms with Crippen molar-refractivity contribution in [1.29, 1.82) is 0 Å². The summed E-state index contributed by atoms with van der Waals surface area (Å²) >= 11 is 2.94. The molecule has 4 rings (SSSR count). The molecule has 0 bridgehead atoms. The smallest absolute Gasteiger partial charge is 0.234 e. The van der Waals surface area contributed by atoms with Crippen LogP contribution in [0.15, 0.2) is 75.7 Å². The van der Waals surface area contributed by atoms with Gasteiger partial charge in [-0.15, -0.1) is 28.5 Å². The number of para-hydroxylation sites is 1. The van der Waals surface area contributed by atoms with Gasteiger partial charge in [-0.2, -0.15) is 0 Å². The lowest BCUT2D eigenvalue weighted by molar-refractivity contribution is -0.113. The minimum atomic E-state index is -0.114. The normalized spacial score (nSPS) is 10.9. The first-order valence-corrected chi connectivity index (χ1v) is 12.0. The number of hydrogen-bond acceptors (Lipinski definition) is 7. The fourth-order valence-corrected chi connectivity index (χ4v) is 4.41. The molecule has 2 aromatic carbocycles. The average molecular weight is 467 g/mol. The largest absolute Gasteiger partial charge is 0.493 e. The summed E-state index contributed by atoms with van der Waals surface area (Å²) in [5, 5.41) is 13.0. The predicted molar refractivity (Wildman–Crippen MR) is 130 cm³/mol. The van der Waals surface area contributed by atoms with Gasteiger partial charge in [-0.1, -0.05) is 36.0 Å². The SMILES string of the molecule is C=CCn1c(SCC(=O)Nc2cccc(SC)c2)nnc1-c1cc2cccc(OC)c2o1. The lowest BCUT2D eigenvalue weighted by atomic mass is 10.2. The third-order valence-electron chi connectivity index (χ3n) is 4.66. The first-order valence-electron chi connectivity index (χ1n) is 9.80. The van der Waals surface area contributed by atoms with Gasteiger partial charge in [0.15, 0.2) is 22.2 Å². The number of ether oxygens (including phenoxy) is 1. The number of carbonyl (C=O) groups excluding carboxylic acids is 1. The van der Waals surface area contributed by atoms with Gasteiger partial charge in [-0.3, -0.25) is 9.36 Å². The van der Waals surface area contributed by atoms with Gasteiger partial charge in [-0.25, -0.2) is 0 Å². The number of furan rings is 1. The maximum atomic E-state index is 12.5. The highest BCUT2D eigenvalue weighted by atomic mass is 32.2. The van der Waals surface area contributed by atoms with Crippen LogP contribution in [-0.2, 0) is 11.3 Å². The number of hydrogen-bond donors (Lipinski definition) is 1. The number of rotatable bonds is 9. The Morgan fingerprint density at radius 1 is 1.25 bits per heavy atom. The summed E-state index contributed by atoms with van der Waals surface area (Å²) in [5.41, 5.74) is 1.42. The molecule has 7 nitrogen and oxygen atoms in total. The first kappa shape index (κ1) is 22.0. The third kappa shape index (κ3) is 4.68. The second-order valence-electron chi connectivity index (χ2n) is 6.76. The van der Waals surface area contributed by atoms with Crippen LogP contribution < -0.4 is 10.1 Å². The van der Waals surface area contributed by atoms with Crippen LogP contribution in [0.2, 0.25) is 0 Å². The number of fused-ring (bicyclic) bond motifs is 1. The molecule has 0 unspecified atom stereocenters. The molecule has 0 saturated carbocycles. The molecular weight excluding hydrogens is 444 g/mol. The number of carbonyl (C=O) groups is 1. The highest BCUT2D eigenvalue weighted by Crippen LogP contribution is 2.34. The fourth-order valence-electron chi connectivity index (χ4n) is 3.21. The van der Waals surface area contributed by atoms with Crippen LogP contribution in [-0.4, -0.2) is 39.8 Å². The number of amides is 1. The van der Waals surface area contributed by atoms with E-state index in [0.717, 1.165) is 16.0 Å². The van der Waals surface area contributed by atoms with Crippen molar-refractivity contribution in [2.45, 2.75) is 16.6 Å². The molecule has 0 aliphatic rings. The molecule has 2 aromatic heterocycles. The molecule has 1 amide bonds. The quantitative estimate of drug-likeness (QED) is 0.263. The topological polar surface area (TPSA) is 82.2 Å². The van der Waals surface area contributed by atoms with E-state index in [1.165, 1.54) is 11.8 Å². The molecule has 32 heavy (non-hydrogen) atoms. The highest BCUT2D eigenvalue weighted by molar-refractivity contribution is 7.99. The number of anilines is 1. The summed E-state index contributed by atoms with van der Waals surface area (Å²) in [7, 11) is 1.61. The number of nitrogens with one attached hydrogen (secondary N) is 1. The zero-order valence-corrected chi connectivity index (χ0v) is 19.3. The van der Waals surface area contributed by atoms with Gasteiger partial charge in [0.25, 0.3) is 0 Å².